The molecule has 0 bridgehead atoms. The fourth-order valence-electron chi connectivity index (χ4n) is 2.76. The Morgan fingerprint density at radius 1 is 1.12 bits per heavy atom. The average molecular weight is 351 g/mol. The number of hydrogen-bond acceptors (Lipinski definition) is 6. The van der Waals surface area contributed by atoms with Crippen LogP contribution in [0, 0.1) is 6.92 Å². The minimum atomic E-state index is -0.127. The van der Waals surface area contributed by atoms with E-state index < -0.39 is 0 Å². The van der Waals surface area contributed by atoms with E-state index in [-0.39, 0.29) is 5.56 Å². The Labute approximate surface area is 148 Å². The second-order valence-corrected chi connectivity index (χ2v) is 7.08. The van der Waals surface area contributed by atoms with Gasteiger partial charge in [0.15, 0.2) is 0 Å². The molecule has 0 aliphatic heterocycles. The summed E-state index contributed by atoms with van der Waals surface area (Å²) in [6.45, 7) is 2.02. The lowest BCUT2D eigenvalue weighted by Gasteiger charge is -2.13. The molecule has 0 aliphatic rings. The molecule has 1 aromatic carbocycles. The molecule has 6 nitrogen and oxygen atoms in total. The third-order valence-corrected chi connectivity index (χ3v) is 5.12. The van der Waals surface area contributed by atoms with E-state index in [1.807, 2.05) is 56.3 Å². The highest BCUT2D eigenvalue weighted by atomic mass is 32.1. The average Bonchev–Trinajstić information content (AvgIpc) is 2.98. The summed E-state index contributed by atoms with van der Waals surface area (Å²) in [5, 5.41) is 0.923. The molecule has 1 N–H and O–H groups in total. The van der Waals surface area contributed by atoms with Crippen molar-refractivity contribution in [3.05, 3.63) is 58.8 Å². The molecule has 126 valence electrons. The molecular formula is C18H17N5OS. The maximum Gasteiger partial charge on any atom is 0.290 e. The van der Waals surface area contributed by atoms with Crippen molar-refractivity contribution in [2.24, 2.45) is 0 Å². The fourth-order valence-corrected chi connectivity index (χ4v) is 3.80. The van der Waals surface area contributed by atoms with Crippen LogP contribution in [-0.4, -0.2) is 28.7 Å². The van der Waals surface area contributed by atoms with Crippen LogP contribution in [0.4, 0.5) is 11.4 Å². The van der Waals surface area contributed by atoms with E-state index in [0.29, 0.717) is 10.2 Å². The number of aromatic nitrogens is 3. The summed E-state index contributed by atoms with van der Waals surface area (Å²) in [6.07, 6.45) is 3.29. The van der Waals surface area contributed by atoms with Gasteiger partial charge in [0.25, 0.3) is 5.56 Å². The molecule has 3 heterocycles. The van der Waals surface area contributed by atoms with Gasteiger partial charge in [-0.15, -0.1) is 11.3 Å². The van der Waals surface area contributed by atoms with Crippen LogP contribution in [0.5, 0.6) is 0 Å². The number of nitrogens with zero attached hydrogens (tertiary/aromatic N) is 4. The second-order valence-electron chi connectivity index (χ2n) is 6.08. The maximum atomic E-state index is 12.9. The summed E-state index contributed by atoms with van der Waals surface area (Å²) in [4.78, 5) is 24.6. The van der Waals surface area contributed by atoms with Crippen molar-refractivity contribution >= 4 is 43.1 Å². The highest BCUT2D eigenvalue weighted by Gasteiger charge is 2.16. The van der Waals surface area contributed by atoms with E-state index in [0.717, 1.165) is 21.6 Å². The lowest BCUT2D eigenvalue weighted by molar-refractivity contribution is 0.883. The van der Waals surface area contributed by atoms with Gasteiger partial charge in [-0.05, 0) is 25.1 Å². The molecule has 4 aromatic rings. The van der Waals surface area contributed by atoms with E-state index in [1.54, 1.807) is 6.20 Å². The summed E-state index contributed by atoms with van der Waals surface area (Å²) in [7, 11) is 3.94. The van der Waals surface area contributed by atoms with Gasteiger partial charge in [-0.25, -0.2) is 14.6 Å². The monoisotopic (exact) mass is 351 g/mol. The molecule has 0 spiro atoms. The Morgan fingerprint density at radius 3 is 2.60 bits per heavy atom. The van der Waals surface area contributed by atoms with Crippen molar-refractivity contribution in [1.82, 2.24) is 14.6 Å². The minimum absolute atomic E-state index is 0.127. The zero-order chi connectivity index (χ0) is 17.6. The number of aryl methyl sites for hydroxylation is 1. The predicted octanol–water partition coefficient (Wildman–Crippen LogP) is 3.26. The molecule has 0 saturated carbocycles. The minimum Gasteiger partial charge on any atom is -0.377 e. The number of hydrogen-bond donors (Lipinski definition) is 1. The van der Waals surface area contributed by atoms with Crippen molar-refractivity contribution < 1.29 is 0 Å². The molecule has 4 rings (SSSR count). The number of benzene rings is 1. The summed E-state index contributed by atoms with van der Waals surface area (Å²) in [6, 6.07) is 9.79. The third kappa shape index (κ3) is 2.62. The Morgan fingerprint density at radius 2 is 1.88 bits per heavy atom. The smallest absolute Gasteiger partial charge is 0.290 e. The Hall–Kier alpha value is -2.93. The van der Waals surface area contributed by atoms with Crippen LogP contribution in [0.25, 0.3) is 20.4 Å². The van der Waals surface area contributed by atoms with E-state index in [2.05, 4.69) is 15.4 Å². The molecule has 25 heavy (non-hydrogen) atoms. The SMILES string of the molecule is Cc1ccc(Nn2cnc3c(sc4nccc(N(C)C)c43)c2=O)cc1. The Bertz CT molecular complexity index is 1130. The maximum absolute atomic E-state index is 12.9. The van der Waals surface area contributed by atoms with Crippen LogP contribution in [0.1, 0.15) is 5.56 Å². The lowest BCUT2D eigenvalue weighted by Crippen LogP contribution is -2.25. The first-order chi connectivity index (χ1) is 12.0. The van der Waals surface area contributed by atoms with Gasteiger partial charge >= 0.3 is 0 Å². The number of rotatable bonds is 3. The van der Waals surface area contributed by atoms with Crippen molar-refractivity contribution in [3.8, 4) is 0 Å². The molecule has 0 amide bonds. The highest BCUT2D eigenvalue weighted by Crippen LogP contribution is 2.34. The second kappa shape index (κ2) is 5.86. The Kier molecular flexibility index (Phi) is 3.65. The molecule has 0 radical (unpaired) electrons. The number of thiophene rings is 1. The normalized spacial score (nSPS) is 11.2. The standard InChI is InChI=1S/C18H17N5OS/c1-11-4-6-12(7-5-11)21-23-10-20-15-14-13(22(2)3)8-9-19-17(14)25-16(15)18(23)24/h4-10,21H,1-3H3. The first-order valence-electron chi connectivity index (χ1n) is 7.84. The summed E-state index contributed by atoms with van der Waals surface area (Å²) in [5.74, 6) is 0. The van der Waals surface area contributed by atoms with Gasteiger partial charge in [0, 0.05) is 20.3 Å². The van der Waals surface area contributed by atoms with Crippen LogP contribution in [0.2, 0.25) is 0 Å². The van der Waals surface area contributed by atoms with E-state index in [4.69, 9.17) is 0 Å². The molecule has 0 atom stereocenters. The summed E-state index contributed by atoms with van der Waals surface area (Å²) in [5.41, 5.74) is 6.67. The van der Waals surface area contributed by atoms with Gasteiger partial charge in [-0.3, -0.25) is 10.2 Å². The molecule has 0 saturated heterocycles. The van der Waals surface area contributed by atoms with Gasteiger partial charge in [0.1, 0.15) is 21.4 Å². The van der Waals surface area contributed by atoms with E-state index in [1.165, 1.54) is 27.9 Å². The van der Waals surface area contributed by atoms with Crippen LogP contribution >= 0.6 is 11.3 Å². The summed E-state index contributed by atoms with van der Waals surface area (Å²) < 4.78 is 2.01. The van der Waals surface area contributed by atoms with Crippen LogP contribution in [0.15, 0.2) is 47.7 Å². The van der Waals surface area contributed by atoms with Crippen molar-refractivity contribution in [1.29, 1.82) is 0 Å². The van der Waals surface area contributed by atoms with Gasteiger partial charge in [-0.1, -0.05) is 17.7 Å². The largest absolute Gasteiger partial charge is 0.377 e. The number of pyridine rings is 1. The van der Waals surface area contributed by atoms with Crippen LogP contribution in [0.3, 0.4) is 0 Å². The zero-order valence-corrected chi connectivity index (χ0v) is 15.0. The molecule has 0 aliphatic carbocycles. The molecular weight excluding hydrogens is 334 g/mol. The van der Waals surface area contributed by atoms with Crippen LogP contribution in [-0.2, 0) is 0 Å². The number of nitrogens with one attached hydrogen (secondary N) is 1. The lowest BCUT2D eigenvalue weighted by atomic mass is 10.2. The first kappa shape index (κ1) is 15.6. The summed E-state index contributed by atoms with van der Waals surface area (Å²) >= 11 is 1.37. The number of anilines is 2. The molecule has 0 unspecified atom stereocenters. The van der Waals surface area contributed by atoms with Crippen molar-refractivity contribution in [2.75, 3.05) is 24.4 Å². The molecule has 3 aromatic heterocycles. The highest BCUT2D eigenvalue weighted by molar-refractivity contribution is 7.25. The van der Waals surface area contributed by atoms with E-state index >= 15 is 0 Å². The van der Waals surface area contributed by atoms with E-state index in [9.17, 15) is 4.79 Å². The quantitative estimate of drug-likeness (QED) is 0.614. The third-order valence-electron chi connectivity index (χ3n) is 4.04. The van der Waals surface area contributed by atoms with Crippen LogP contribution < -0.4 is 15.9 Å². The van der Waals surface area contributed by atoms with Crippen molar-refractivity contribution in [3.63, 3.8) is 0 Å². The fraction of sp³-hybridized carbons (Fsp3) is 0.167. The predicted molar refractivity (Wildman–Crippen MR) is 104 cm³/mol. The van der Waals surface area contributed by atoms with Gasteiger partial charge in [0.05, 0.1) is 16.8 Å². The van der Waals surface area contributed by atoms with Gasteiger partial charge in [-0.2, -0.15) is 0 Å². The molecule has 7 heteroatoms. The van der Waals surface area contributed by atoms with Gasteiger partial charge < -0.3 is 4.90 Å². The number of fused-ring (bicyclic) bond motifs is 3. The van der Waals surface area contributed by atoms with Crippen molar-refractivity contribution in [2.45, 2.75) is 6.92 Å². The zero-order valence-electron chi connectivity index (χ0n) is 14.1. The Balaban J connectivity index is 1.88. The molecule has 0 fully saturated rings. The topological polar surface area (TPSA) is 63.1 Å². The first-order valence-corrected chi connectivity index (χ1v) is 8.66. The van der Waals surface area contributed by atoms with Gasteiger partial charge in [0.2, 0.25) is 0 Å².